The average molecular weight is 353 g/mol. The zero-order chi connectivity index (χ0) is 18.6. The van der Waals surface area contributed by atoms with Crippen LogP contribution in [0.1, 0.15) is 31.8 Å². The summed E-state index contributed by atoms with van der Waals surface area (Å²) in [5.41, 5.74) is -0.852. The standard InChI is InChI=1S/C17H14F3NO4/c1-25-13-7-6-12(14(8-13)17(18,19)20)9-21-15(22)10-2-4-11(5-3-10)16(23)24/h2-8H,9H2,1H3,(H,21,22)(H,23,24). The molecule has 5 nitrogen and oxygen atoms in total. The normalized spacial score (nSPS) is 11.0. The fourth-order valence-electron chi connectivity index (χ4n) is 2.14. The Bertz CT molecular complexity index is 785. The first-order valence-corrected chi connectivity index (χ1v) is 7.08. The van der Waals surface area contributed by atoms with Crippen LogP contribution in [0, 0.1) is 0 Å². The number of amides is 1. The van der Waals surface area contributed by atoms with Gasteiger partial charge >= 0.3 is 12.1 Å². The number of carbonyl (C=O) groups excluding carboxylic acids is 1. The van der Waals surface area contributed by atoms with Crippen LogP contribution in [0.4, 0.5) is 13.2 Å². The van der Waals surface area contributed by atoms with Gasteiger partial charge in [-0.2, -0.15) is 13.2 Å². The van der Waals surface area contributed by atoms with Crippen LogP contribution >= 0.6 is 0 Å². The van der Waals surface area contributed by atoms with Crippen molar-refractivity contribution in [3.05, 3.63) is 64.7 Å². The Morgan fingerprint density at radius 3 is 2.20 bits per heavy atom. The number of benzene rings is 2. The van der Waals surface area contributed by atoms with Gasteiger partial charge in [0.25, 0.3) is 5.91 Å². The number of carboxylic acid groups (broad SMARTS) is 1. The summed E-state index contributed by atoms with van der Waals surface area (Å²) in [4.78, 5) is 22.8. The van der Waals surface area contributed by atoms with Gasteiger partial charge in [-0.25, -0.2) is 4.79 Å². The SMILES string of the molecule is COc1ccc(CNC(=O)c2ccc(C(=O)O)cc2)c(C(F)(F)F)c1. The molecule has 132 valence electrons. The van der Waals surface area contributed by atoms with Gasteiger partial charge in [-0.1, -0.05) is 6.07 Å². The molecule has 0 aliphatic rings. The lowest BCUT2D eigenvalue weighted by Gasteiger charge is -2.15. The third kappa shape index (κ3) is 4.50. The van der Waals surface area contributed by atoms with E-state index in [9.17, 15) is 22.8 Å². The Hall–Kier alpha value is -3.03. The number of hydrogen-bond acceptors (Lipinski definition) is 3. The summed E-state index contributed by atoms with van der Waals surface area (Å²) in [5.74, 6) is -1.69. The van der Waals surface area contributed by atoms with Crippen LogP contribution in [0.5, 0.6) is 5.75 Å². The quantitative estimate of drug-likeness (QED) is 0.864. The van der Waals surface area contributed by atoms with E-state index in [4.69, 9.17) is 9.84 Å². The summed E-state index contributed by atoms with van der Waals surface area (Å²) in [5, 5.41) is 11.2. The Balaban J connectivity index is 2.15. The van der Waals surface area contributed by atoms with Crippen LogP contribution < -0.4 is 10.1 Å². The Labute approximate surface area is 141 Å². The maximum atomic E-state index is 13.1. The number of carbonyl (C=O) groups is 2. The van der Waals surface area contributed by atoms with Crippen LogP contribution in [0.25, 0.3) is 0 Å². The molecule has 0 aliphatic carbocycles. The van der Waals surface area contributed by atoms with E-state index in [0.717, 1.165) is 6.07 Å². The molecule has 0 unspecified atom stereocenters. The largest absolute Gasteiger partial charge is 0.497 e. The van der Waals surface area contributed by atoms with E-state index in [1.54, 1.807) is 0 Å². The Kier molecular flexibility index (Phi) is 5.31. The first-order valence-electron chi connectivity index (χ1n) is 7.08. The van der Waals surface area contributed by atoms with Crippen molar-refractivity contribution >= 4 is 11.9 Å². The molecule has 0 atom stereocenters. The second-order valence-electron chi connectivity index (χ2n) is 5.09. The number of carboxylic acids is 1. The van der Waals surface area contributed by atoms with Crippen LogP contribution in [0.3, 0.4) is 0 Å². The molecule has 0 saturated heterocycles. The minimum atomic E-state index is -4.59. The monoisotopic (exact) mass is 353 g/mol. The molecule has 0 heterocycles. The second kappa shape index (κ2) is 7.25. The highest BCUT2D eigenvalue weighted by Crippen LogP contribution is 2.34. The summed E-state index contributed by atoms with van der Waals surface area (Å²) in [6.45, 7) is -0.335. The van der Waals surface area contributed by atoms with Crippen LogP contribution in [0.2, 0.25) is 0 Å². The molecule has 1 amide bonds. The molecule has 2 rings (SSSR count). The van der Waals surface area contributed by atoms with Gasteiger partial charge in [0, 0.05) is 12.1 Å². The van der Waals surface area contributed by atoms with Gasteiger partial charge in [0.1, 0.15) is 5.75 Å². The van der Waals surface area contributed by atoms with E-state index in [1.165, 1.54) is 43.5 Å². The van der Waals surface area contributed by atoms with Crippen molar-refractivity contribution in [2.24, 2.45) is 0 Å². The van der Waals surface area contributed by atoms with Gasteiger partial charge in [0.2, 0.25) is 0 Å². The summed E-state index contributed by atoms with van der Waals surface area (Å²) in [7, 11) is 1.26. The lowest BCUT2D eigenvalue weighted by molar-refractivity contribution is -0.138. The molecule has 0 radical (unpaired) electrons. The number of ether oxygens (including phenoxy) is 1. The molecule has 25 heavy (non-hydrogen) atoms. The molecule has 0 fully saturated rings. The van der Waals surface area contributed by atoms with Gasteiger partial charge < -0.3 is 15.2 Å². The van der Waals surface area contributed by atoms with E-state index in [1.807, 2.05) is 0 Å². The maximum Gasteiger partial charge on any atom is 0.416 e. The molecule has 0 aliphatic heterocycles. The minimum Gasteiger partial charge on any atom is -0.497 e. The summed E-state index contributed by atoms with van der Waals surface area (Å²) in [6.07, 6.45) is -4.59. The topological polar surface area (TPSA) is 75.6 Å². The van der Waals surface area contributed by atoms with Crippen LogP contribution in [-0.2, 0) is 12.7 Å². The molecule has 0 spiro atoms. The third-order valence-electron chi connectivity index (χ3n) is 3.46. The zero-order valence-electron chi connectivity index (χ0n) is 13.1. The number of alkyl halides is 3. The highest BCUT2D eigenvalue weighted by molar-refractivity contribution is 5.95. The lowest BCUT2D eigenvalue weighted by Crippen LogP contribution is -2.24. The summed E-state index contributed by atoms with van der Waals surface area (Å²) in [6, 6.07) is 8.53. The fraction of sp³-hybridized carbons (Fsp3) is 0.176. The van der Waals surface area contributed by atoms with Gasteiger partial charge in [-0.15, -0.1) is 0 Å². The highest BCUT2D eigenvalue weighted by Gasteiger charge is 2.33. The molecule has 2 aromatic carbocycles. The summed E-state index contributed by atoms with van der Waals surface area (Å²) >= 11 is 0. The fourth-order valence-corrected chi connectivity index (χ4v) is 2.14. The predicted molar refractivity (Wildman–Crippen MR) is 82.6 cm³/mol. The average Bonchev–Trinajstić information content (AvgIpc) is 2.58. The lowest BCUT2D eigenvalue weighted by atomic mass is 10.1. The Morgan fingerprint density at radius 2 is 1.68 bits per heavy atom. The van der Waals surface area contributed by atoms with Gasteiger partial charge in [0.05, 0.1) is 18.2 Å². The zero-order valence-corrected chi connectivity index (χ0v) is 13.1. The van der Waals surface area contributed by atoms with Crippen LogP contribution in [-0.4, -0.2) is 24.1 Å². The summed E-state index contributed by atoms with van der Waals surface area (Å²) < 4.78 is 44.1. The molecule has 0 aromatic heterocycles. The molecule has 2 N–H and O–H groups in total. The van der Waals surface area contributed by atoms with Gasteiger partial charge in [-0.3, -0.25) is 4.79 Å². The van der Waals surface area contributed by atoms with Crippen molar-refractivity contribution in [3.63, 3.8) is 0 Å². The van der Waals surface area contributed by atoms with E-state index < -0.39 is 23.6 Å². The van der Waals surface area contributed by atoms with Crippen LogP contribution in [0.15, 0.2) is 42.5 Å². The first kappa shape index (κ1) is 18.3. The molecule has 0 bridgehead atoms. The minimum absolute atomic E-state index is 0.00561. The third-order valence-corrected chi connectivity index (χ3v) is 3.46. The van der Waals surface area contributed by atoms with Gasteiger partial charge in [0.15, 0.2) is 0 Å². The number of nitrogens with one attached hydrogen (secondary N) is 1. The first-order chi connectivity index (χ1) is 11.7. The predicted octanol–water partition coefficient (Wildman–Crippen LogP) is 3.34. The number of aromatic carboxylic acids is 1. The molecular weight excluding hydrogens is 339 g/mol. The van der Waals surface area contributed by atoms with Gasteiger partial charge in [-0.05, 0) is 42.0 Å². The van der Waals surface area contributed by atoms with E-state index in [2.05, 4.69) is 5.32 Å². The van der Waals surface area contributed by atoms with E-state index >= 15 is 0 Å². The molecular formula is C17H14F3NO4. The Morgan fingerprint density at radius 1 is 1.08 bits per heavy atom. The van der Waals surface area contributed by atoms with E-state index in [0.29, 0.717) is 0 Å². The second-order valence-corrected chi connectivity index (χ2v) is 5.09. The maximum absolute atomic E-state index is 13.1. The van der Waals surface area contributed by atoms with Crippen molar-refractivity contribution in [3.8, 4) is 5.75 Å². The van der Waals surface area contributed by atoms with Crippen molar-refractivity contribution in [1.29, 1.82) is 0 Å². The van der Waals surface area contributed by atoms with Crippen molar-refractivity contribution in [1.82, 2.24) is 5.32 Å². The smallest absolute Gasteiger partial charge is 0.416 e. The number of halogens is 3. The molecule has 2 aromatic rings. The number of hydrogen-bond donors (Lipinski definition) is 2. The molecule has 8 heteroatoms. The number of methoxy groups -OCH3 is 1. The van der Waals surface area contributed by atoms with Crippen molar-refractivity contribution in [2.45, 2.75) is 12.7 Å². The highest BCUT2D eigenvalue weighted by atomic mass is 19.4. The van der Waals surface area contributed by atoms with Crippen molar-refractivity contribution < 1.29 is 32.6 Å². The van der Waals surface area contributed by atoms with Crippen molar-refractivity contribution in [2.75, 3.05) is 7.11 Å². The van der Waals surface area contributed by atoms with E-state index in [-0.39, 0.29) is 29.0 Å². The molecule has 0 saturated carbocycles. The number of rotatable bonds is 5.